The minimum absolute atomic E-state index is 0.116. The molecule has 15 heavy (non-hydrogen) atoms. The first-order valence-corrected chi connectivity index (χ1v) is 6.18. The van der Waals surface area contributed by atoms with E-state index in [4.69, 9.17) is 11.6 Å². The molecule has 0 saturated heterocycles. The Morgan fingerprint density at radius 2 is 2.33 bits per heavy atom. The summed E-state index contributed by atoms with van der Waals surface area (Å²) in [5, 5.41) is 3.09. The normalized spacial score (nSPS) is 12.2. The van der Waals surface area contributed by atoms with Crippen molar-refractivity contribution >= 4 is 29.3 Å². The van der Waals surface area contributed by atoms with Gasteiger partial charge < -0.3 is 5.32 Å². The quantitative estimate of drug-likeness (QED) is 0.876. The Kier molecular flexibility index (Phi) is 4.84. The average Bonchev–Trinajstić information content (AvgIpc) is 2.18. The summed E-state index contributed by atoms with van der Waals surface area (Å²) < 4.78 is 0. The van der Waals surface area contributed by atoms with Gasteiger partial charge in [-0.25, -0.2) is 9.97 Å². The molecule has 0 saturated carbocycles. The highest BCUT2D eigenvalue weighted by Crippen LogP contribution is 2.02. The van der Waals surface area contributed by atoms with Crippen molar-refractivity contribution in [3.63, 3.8) is 0 Å². The highest BCUT2D eigenvalue weighted by molar-refractivity contribution is 7.98. The fourth-order valence-corrected chi connectivity index (χ4v) is 1.70. The van der Waals surface area contributed by atoms with E-state index in [9.17, 15) is 4.79 Å². The van der Waals surface area contributed by atoms with E-state index in [0.717, 1.165) is 5.75 Å². The Morgan fingerprint density at radius 1 is 1.60 bits per heavy atom. The molecule has 1 atom stereocenters. The molecule has 0 aliphatic rings. The van der Waals surface area contributed by atoms with E-state index in [1.807, 2.05) is 13.2 Å². The van der Waals surface area contributed by atoms with Crippen molar-refractivity contribution < 1.29 is 4.79 Å². The minimum Gasteiger partial charge on any atom is -0.347 e. The number of nitrogens with zero attached hydrogens (tertiary/aromatic N) is 2. The van der Waals surface area contributed by atoms with Crippen LogP contribution in [-0.4, -0.2) is 33.9 Å². The zero-order valence-corrected chi connectivity index (χ0v) is 10.1. The largest absolute Gasteiger partial charge is 0.347 e. The van der Waals surface area contributed by atoms with Crippen LogP contribution in [0.15, 0.2) is 12.4 Å². The standard InChI is InChI=1S/C9H12ClN3OS/c1-6(5-15-2)13-9(14)7-3-12-8(10)4-11-7/h3-4,6H,5H2,1-2H3,(H,13,14). The molecule has 1 aromatic rings. The lowest BCUT2D eigenvalue weighted by Gasteiger charge is -2.11. The fourth-order valence-electron chi connectivity index (χ4n) is 1.02. The van der Waals surface area contributed by atoms with Crippen molar-refractivity contribution in [3.8, 4) is 0 Å². The number of hydrogen-bond acceptors (Lipinski definition) is 4. The zero-order chi connectivity index (χ0) is 11.3. The Morgan fingerprint density at radius 3 is 2.87 bits per heavy atom. The number of halogens is 1. The number of carbonyl (C=O) groups excluding carboxylic acids is 1. The molecule has 1 rings (SSSR count). The van der Waals surface area contributed by atoms with Crippen molar-refractivity contribution in [2.75, 3.05) is 12.0 Å². The lowest BCUT2D eigenvalue weighted by atomic mass is 10.3. The van der Waals surface area contributed by atoms with Crippen molar-refractivity contribution in [3.05, 3.63) is 23.2 Å². The molecule has 82 valence electrons. The van der Waals surface area contributed by atoms with Gasteiger partial charge in [0.05, 0.1) is 12.4 Å². The van der Waals surface area contributed by atoms with Crippen molar-refractivity contribution in [2.24, 2.45) is 0 Å². The number of amides is 1. The summed E-state index contributed by atoms with van der Waals surface area (Å²) in [5.41, 5.74) is 0.285. The van der Waals surface area contributed by atoms with Gasteiger partial charge in [-0.2, -0.15) is 11.8 Å². The van der Waals surface area contributed by atoms with E-state index in [-0.39, 0.29) is 22.8 Å². The van der Waals surface area contributed by atoms with Gasteiger partial charge in [0.1, 0.15) is 10.8 Å². The highest BCUT2D eigenvalue weighted by atomic mass is 35.5. The van der Waals surface area contributed by atoms with Gasteiger partial charge in [-0.05, 0) is 13.2 Å². The minimum atomic E-state index is -0.222. The third-order valence-electron chi connectivity index (χ3n) is 1.65. The SMILES string of the molecule is CSCC(C)NC(=O)c1cnc(Cl)cn1. The maximum atomic E-state index is 11.6. The molecule has 1 amide bonds. The van der Waals surface area contributed by atoms with Crippen LogP contribution < -0.4 is 5.32 Å². The second-order valence-electron chi connectivity index (χ2n) is 3.05. The summed E-state index contributed by atoms with van der Waals surface area (Å²) in [6.07, 6.45) is 4.71. The predicted octanol–water partition coefficient (Wildman–Crippen LogP) is 1.61. The lowest BCUT2D eigenvalue weighted by molar-refractivity contribution is 0.0938. The molecule has 0 aliphatic heterocycles. The molecule has 1 unspecified atom stereocenters. The van der Waals surface area contributed by atoms with Gasteiger partial charge in [0, 0.05) is 11.8 Å². The number of hydrogen-bond donors (Lipinski definition) is 1. The molecule has 0 radical (unpaired) electrons. The van der Waals surface area contributed by atoms with Crippen molar-refractivity contribution in [2.45, 2.75) is 13.0 Å². The van der Waals surface area contributed by atoms with Crippen LogP contribution in [0.25, 0.3) is 0 Å². The monoisotopic (exact) mass is 245 g/mol. The molecule has 0 fully saturated rings. The van der Waals surface area contributed by atoms with Gasteiger partial charge in [0.25, 0.3) is 5.91 Å². The van der Waals surface area contributed by atoms with Crippen LogP contribution in [0.4, 0.5) is 0 Å². The van der Waals surface area contributed by atoms with E-state index in [1.54, 1.807) is 11.8 Å². The molecule has 1 heterocycles. The molecule has 4 nitrogen and oxygen atoms in total. The first-order chi connectivity index (χ1) is 7.13. The molecule has 0 bridgehead atoms. The Bertz CT molecular complexity index is 331. The van der Waals surface area contributed by atoms with Crippen molar-refractivity contribution in [1.82, 2.24) is 15.3 Å². The predicted molar refractivity (Wildman–Crippen MR) is 62.4 cm³/mol. The number of thioether (sulfide) groups is 1. The van der Waals surface area contributed by atoms with E-state index >= 15 is 0 Å². The molecule has 0 spiro atoms. The summed E-state index contributed by atoms with van der Waals surface area (Å²) in [7, 11) is 0. The maximum Gasteiger partial charge on any atom is 0.271 e. The molecule has 0 aliphatic carbocycles. The second-order valence-corrected chi connectivity index (χ2v) is 4.35. The van der Waals surface area contributed by atoms with Crippen LogP contribution in [0.1, 0.15) is 17.4 Å². The topological polar surface area (TPSA) is 54.9 Å². The molecular weight excluding hydrogens is 234 g/mol. The van der Waals surface area contributed by atoms with Crippen LogP contribution in [-0.2, 0) is 0 Å². The van der Waals surface area contributed by atoms with Gasteiger partial charge in [0.15, 0.2) is 0 Å². The highest BCUT2D eigenvalue weighted by Gasteiger charge is 2.10. The van der Waals surface area contributed by atoms with Crippen LogP contribution in [0.2, 0.25) is 5.15 Å². The fraction of sp³-hybridized carbons (Fsp3) is 0.444. The number of aromatic nitrogens is 2. The molecule has 6 heteroatoms. The second kappa shape index (κ2) is 5.92. The lowest BCUT2D eigenvalue weighted by Crippen LogP contribution is -2.34. The van der Waals surface area contributed by atoms with Crippen molar-refractivity contribution in [1.29, 1.82) is 0 Å². The third-order valence-corrected chi connectivity index (χ3v) is 2.68. The maximum absolute atomic E-state index is 11.6. The summed E-state index contributed by atoms with van der Waals surface area (Å²) in [6, 6.07) is 0.116. The van der Waals surface area contributed by atoms with Gasteiger partial charge >= 0.3 is 0 Å². The summed E-state index contributed by atoms with van der Waals surface area (Å²) in [4.78, 5) is 19.2. The van der Waals surface area contributed by atoms with Crippen LogP contribution >= 0.6 is 23.4 Å². The Labute approximate surface area is 97.8 Å². The van der Waals surface area contributed by atoms with Gasteiger partial charge in [-0.1, -0.05) is 11.6 Å². The third kappa shape index (κ3) is 4.05. The Hall–Kier alpha value is -0.810. The molecular formula is C9H12ClN3OS. The molecule has 1 aromatic heterocycles. The first-order valence-electron chi connectivity index (χ1n) is 4.41. The zero-order valence-electron chi connectivity index (χ0n) is 8.53. The summed E-state index contributed by atoms with van der Waals surface area (Å²) in [5.74, 6) is 0.646. The smallest absolute Gasteiger partial charge is 0.271 e. The number of nitrogens with one attached hydrogen (secondary N) is 1. The van der Waals surface area contributed by atoms with E-state index in [2.05, 4.69) is 15.3 Å². The van der Waals surface area contributed by atoms with Crippen LogP contribution in [0, 0.1) is 0 Å². The number of carbonyl (C=O) groups is 1. The number of rotatable bonds is 4. The first kappa shape index (κ1) is 12.3. The van der Waals surface area contributed by atoms with Gasteiger partial charge in [0.2, 0.25) is 0 Å². The van der Waals surface area contributed by atoms with E-state index in [1.165, 1.54) is 12.4 Å². The molecule has 1 N–H and O–H groups in total. The summed E-state index contributed by atoms with van der Waals surface area (Å²) in [6.45, 7) is 1.94. The van der Waals surface area contributed by atoms with E-state index in [0.29, 0.717) is 0 Å². The summed E-state index contributed by atoms with van der Waals surface area (Å²) >= 11 is 7.24. The molecule has 0 aromatic carbocycles. The van der Waals surface area contributed by atoms with Gasteiger partial charge in [-0.15, -0.1) is 0 Å². The van der Waals surface area contributed by atoms with Crippen LogP contribution in [0.5, 0.6) is 0 Å². The Balaban J connectivity index is 2.57. The average molecular weight is 246 g/mol. The van der Waals surface area contributed by atoms with Gasteiger partial charge in [-0.3, -0.25) is 4.79 Å². The van der Waals surface area contributed by atoms with E-state index < -0.39 is 0 Å². The van der Waals surface area contributed by atoms with Crippen LogP contribution in [0.3, 0.4) is 0 Å².